The number of aromatic nitrogens is 2. The Morgan fingerprint density at radius 2 is 2.17 bits per heavy atom. The molecule has 1 aliphatic rings. The fourth-order valence-electron chi connectivity index (χ4n) is 3.21. The van der Waals surface area contributed by atoms with Crippen LogP contribution in [0.2, 0.25) is 0 Å². The maximum absolute atomic E-state index is 11.2. The van der Waals surface area contributed by atoms with Crippen LogP contribution in [0.3, 0.4) is 0 Å². The van der Waals surface area contributed by atoms with Gasteiger partial charge in [-0.3, -0.25) is 24.7 Å². The minimum absolute atomic E-state index is 0.0770. The molecule has 2 heterocycles. The molecule has 2 aromatic rings. The molecule has 0 aliphatic carbocycles. The molecule has 4 N–H and O–H groups in total. The monoisotopic (exact) mass is 396 g/mol. The van der Waals surface area contributed by atoms with Crippen molar-refractivity contribution in [3.63, 3.8) is 0 Å². The van der Waals surface area contributed by atoms with Gasteiger partial charge in [-0.25, -0.2) is 10.5 Å². The van der Waals surface area contributed by atoms with Gasteiger partial charge in [0, 0.05) is 44.4 Å². The van der Waals surface area contributed by atoms with Crippen molar-refractivity contribution >= 4 is 29.4 Å². The third-order valence-electron chi connectivity index (χ3n) is 4.47. The van der Waals surface area contributed by atoms with E-state index in [0.717, 1.165) is 37.3 Å². The van der Waals surface area contributed by atoms with Crippen LogP contribution in [0.4, 0.5) is 11.5 Å². The van der Waals surface area contributed by atoms with Gasteiger partial charge in [0.15, 0.2) is 0 Å². The number of likely N-dealkylation sites (tertiary alicyclic amines) is 1. The molecule has 1 fully saturated rings. The van der Waals surface area contributed by atoms with E-state index in [4.69, 9.17) is 5.21 Å². The molecule has 1 atom stereocenters. The standard InChI is InChI=1S/C20H24N6O3/c1-14(27)23-16-4-2-3-15(9-16)12-26-8-7-18(13-26)24-19-11-21-17(10-22-19)5-6-20(28)25-29/h2-6,9-11,18,29H,7-8,12-13H2,1H3,(H,22,24)(H,23,27)(H,25,28)/b6-5+/t18-/m1/s1. The minimum atomic E-state index is -0.623. The van der Waals surface area contributed by atoms with Gasteiger partial charge < -0.3 is 10.6 Å². The lowest BCUT2D eigenvalue weighted by molar-refractivity contribution is -0.124. The van der Waals surface area contributed by atoms with Crippen LogP contribution in [0.15, 0.2) is 42.7 Å². The summed E-state index contributed by atoms with van der Waals surface area (Å²) in [6.07, 6.45) is 6.81. The molecule has 9 nitrogen and oxygen atoms in total. The van der Waals surface area contributed by atoms with Crippen LogP contribution < -0.4 is 16.1 Å². The van der Waals surface area contributed by atoms with Crippen LogP contribution in [0, 0.1) is 0 Å². The predicted molar refractivity (Wildman–Crippen MR) is 109 cm³/mol. The fraction of sp³-hybridized carbons (Fsp3) is 0.300. The molecule has 2 amide bonds. The Bertz CT molecular complexity index is 884. The van der Waals surface area contributed by atoms with Gasteiger partial charge in [-0.05, 0) is 30.2 Å². The minimum Gasteiger partial charge on any atom is -0.365 e. The van der Waals surface area contributed by atoms with Crippen LogP contribution in [-0.2, 0) is 16.1 Å². The topological polar surface area (TPSA) is 119 Å². The molecular formula is C20H24N6O3. The van der Waals surface area contributed by atoms with Crippen molar-refractivity contribution < 1.29 is 14.8 Å². The highest BCUT2D eigenvalue weighted by Crippen LogP contribution is 2.18. The zero-order chi connectivity index (χ0) is 20.6. The maximum atomic E-state index is 11.2. The summed E-state index contributed by atoms with van der Waals surface area (Å²) in [6, 6.07) is 8.15. The average Bonchev–Trinajstić information content (AvgIpc) is 3.13. The van der Waals surface area contributed by atoms with E-state index in [1.165, 1.54) is 24.6 Å². The Morgan fingerprint density at radius 3 is 2.90 bits per heavy atom. The first-order chi connectivity index (χ1) is 14.0. The number of anilines is 2. The van der Waals surface area contributed by atoms with E-state index in [2.05, 4.69) is 31.6 Å². The summed E-state index contributed by atoms with van der Waals surface area (Å²) < 4.78 is 0. The summed E-state index contributed by atoms with van der Waals surface area (Å²) in [5, 5.41) is 14.7. The predicted octanol–water partition coefficient (Wildman–Crippen LogP) is 1.64. The van der Waals surface area contributed by atoms with Gasteiger partial charge in [-0.2, -0.15) is 0 Å². The summed E-state index contributed by atoms with van der Waals surface area (Å²) in [4.78, 5) is 33.1. The molecular weight excluding hydrogens is 372 g/mol. The molecule has 152 valence electrons. The third kappa shape index (κ3) is 6.37. The van der Waals surface area contributed by atoms with Gasteiger partial charge in [0.1, 0.15) is 5.82 Å². The van der Waals surface area contributed by atoms with Gasteiger partial charge in [-0.1, -0.05) is 12.1 Å². The zero-order valence-corrected chi connectivity index (χ0v) is 16.1. The molecule has 29 heavy (non-hydrogen) atoms. The largest absolute Gasteiger partial charge is 0.365 e. The van der Waals surface area contributed by atoms with E-state index in [1.54, 1.807) is 12.4 Å². The maximum Gasteiger partial charge on any atom is 0.267 e. The lowest BCUT2D eigenvalue weighted by atomic mass is 10.2. The molecule has 1 aromatic heterocycles. The highest BCUT2D eigenvalue weighted by Gasteiger charge is 2.22. The van der Waals surface area contributed by atoms with Crippen molar-refractivity contribution in [1.82, 2.24) is 20.3 Å². The lowest BCUT2D eigenvalue weighted by Gasteiger charge is -2.17. The number of nitrogens with one attached hydrogen (secondary N) is 3. The number of hydrogen-bond donors (Lipinski definition) is 4. The van der Waals surface area contributed by atoms with E-state index < -0.39 is 5.91 Å². The van der Waals surface area contributed by atoms with Crippen LogP contribution >= 0.6 is 0 Å². The number of amides is 2. The quantitative estimate of drug-likeness (QED) is 0.319. The van der Waals surface area contributed by atoms with Crippen molar-refractivity contribution in [2.75, 3.05) is 23.7 Å². The normalized spacial score (nSPS) is 16.7. The highest BCUT2D eigenvalue weighted by molar-refractivity contribution is 5.90. The van der Waals surface area contributed by atoms with Crippen LogP contribution in [0.25, 0.3) is 6.08 Å². The second kappa shape index (κ2) is 9.76. The number of hydrogen-bond acceptors (Lipinski definition) is 7. The molecule has 0 radical (unpaired) electrons. The summed E-state index contributed by atoms with van der Waals surface area (Å²) in [7, 11) is 0. The van der Waals surface area contributed by atoms with Crippen molar-refractivity contribution in [2.24, 2.45) is 0 Å². The lowest BCUT2D eigenvalue weighted by Crippen LogP contribution is -2.26. The van der Waals surface area contributed by atoms with Gasteiger partial charge in [0.2, 0.25) is 5.91 Å². The molecule has 1 saturated heterocycles. The molecule has 1 aliphatic heterocycles. The second-order valence-electron chi connectivity index (χ2n) is 6.88. The van der Waals surface area contributed by atoms with E-state index in [0.29, 0.717) is 11.5 Å². The third-order valence-corrected chi connectivity index (χ3v) is 4.47. The van der Waals surface area contributed by atoms with Gasteiger partial charge in [0.25, 0.3) is 5.91 Å². The van der Waals surface area contributed by atoms with Crippen molar-refractivity contribution in [1.29, 1.82) is 0 Å². The van der Waals surface area contributed by atoms with Crippen molar-refractivity contribution in [3.8, 4) is 0 Å². The van der Waals surface area contributed by atoms with Gasteiger partial charge in [-0.15, -0.1) is 0 Å². The first-order valence-electron chi connectivity index (χ1n) is 9.31. The first kappa shape index (κ1) is 20.4. The molecule has 0 spiro atoms. The van der Waals surface area contributed by atoms with E-state index in [9.17, 15) is 9.59 Å². The number of carbonyl (C=O) groups is 2. The molecule has 0 unspecified atom stereocenters. The molecule has 3 rings (SSSR count). The van der Waals surface area contributed by atoms with Gasteiger partial charge in [0.05, 0.1) is 18.1 Å². The Hall–Kier alpha value is -3.30. The summed E-state index contributed by atoms with van der Waals surface area (Å²) >= 11 is 0. The molecule has 9 heteroatoms. The number of benzene rings is 1. The molecule has 0 bridgehead atoms. The van der Waals surface area contributed by atoms with Crippen LogP contribution in [-0.4, -0.2) is 51.0 Å². The van der Waals surface area contributed by atoms with Crippen LogP contribution in [0.5, 0.6) is 0 Å². The second-order valence-corrected chi connectivity index (χ2v) is 6.88. The van der Waals surface area contributed by atoms with Crippen molar-refractivity contribution in [2.45, 2.75) is 25.9 Å². The Balaban J connectivity index is 1.50. The molecule has 1 aromatic carbocycles. The SMILES string of the molecule is CC(=O)Nc1cccc(CN2CC[C@@H](Nc3cnc(/C=C/C(=O)NO)cn3)C2)c1. The number of hydroxylamine groups is 1. The van der Waals surface area contributed by atoms with Crippen LogP contribution in [0.1, 0.15) is 24.6 Å². The molecule has 0 saturated carbocycles. The fourth-order valence-corrected chi connectivity index (χ4v) is 3.21. The Morgan fingerprint density at radius 1 is 1.31 bits per heavy atom. The Kier molecular flexibility index (Phi) is 6.88. The smallest absolute Gasteiger partial charge is 0.267 e. The first-order valence-corrected chi connectivity index (χ1v) is 9.31. The average molecular weight is 396 g/mol. The highest BCUT2D eigenvalue weighted by atomic mass is 16.5. The summed E-state index contributed by atoms with van der Waals surface area (Å²) in [6.45, 7) is 4.16. The number of rotatable bonds is 7. The number of carbonyl (C=O) groups excluding carboxylic acids is 2. The Labute approximate surface area is 168 Å². The number of nitrogens with zero attached hydrogens (tertiary/aromatic N) is 3. The van der Waals surface area contributed by atoms with E-state index in [1.807, 2.05) is 18.2 Å². The summed E-state index contributed by atoms with van der Waals surface area (Å²) in [5.41, 5.74) is 4.00. The van der Waals surface area contributed by atoms with Gasteiger partial charge >= 0.3 is 0 Å². The summed E-state index contributed by atoms with van der Waals surface area (Å²) in [5.74, 6) is -0.0252. The van der Waals surface area contributed by atoms with E-state index in [-0.39, 0.29) is 11.9 Å². The zero-order valence-electron chi connectivity index (χ0n) is 16.1. The van der Waals surface area contributed by atoms with E-state index >= 15 is 0 Å². The van der Waals surface area contributed by atoms with Crippen molar-refractivity contribution in [3.05, 3.63) is 54.0 Å².